The Bertz CT molecular complexity index is 252. The minimum atomic E-state index is 0.0335. The summed E-state index contributed by atoms with van der Waals surface area (Å²) in [6.45, 7) is 4.74. The predicted octanol–water partition coefficient (Wildman–Crippen LogP) is 1.06. The van der Waals surface area contributed by atoms with E-state index in [-0.39, 0.29) is 11.9 Å². The molecule has 4 heteroatoms. The third-order valence-corrected chi connectivity index (χ3v) is 3.91. The molecule has 0 radical (unpaired) electrons. The van der Waals surface area contributed by atoms with Gasteiger partial charge in [-0.25, -0.2) is 0 Å². The lowest BCUT2D eigenvalue weighted by atomic mass is 9.99. The Hall–Kier alpha value is -0.610. The summed E-state index contributed by atoms with van der Waals surface area (Å²) in [5, 5.41) is 6.35. The lowest BCUT2D eigenvalue weighted by molar-refractivity contribution is -0.123. The molecule has 0 aromatic carbocycles. The Balaban J connectivity index is 1.71. The third kappa shape index (κ3) is 3.42. The minimum Gasteiger partial charge on any atom is -0.378 e. The van der Waals surface area contributed by atoms with Crippen molar-refractivity contribution >= 4 is 5.91 Å². The second kappa shape index (κ2) is 6.36. The molecule has 2 N–H and O–H groups in total. The number of carbonyl (C=O) groups is 1. The topological polar surface area (TPSA) is 50.4 Å². The van der Waals surface area contributed by atoms with E-state index >= 15 is 0 Å². The first kappa shape index (κ1) is 12.8. The summed E-state index contributed by atoms with van der Waals surface area (Å²) in [5.41, 5.74) is 0. The van der Waals surface area contributed by atoms with Gasteiger partial charge < -0.3 is 15.4 Å². The average molecular weight is 240 g/mol. The van der Waals surface area contributed by atoms with Crippen LogP contribution in [0.5, 0.6) is 0 Å². The van der Waals surface area contributed by atoms with E-state index in [2.05, 4.69) is 17.6 Å². The summed E-state index contributed by atoms with van der Waals surface area (Å²) in [4.78, 5) is 11.9. The molecule has 2 saturated heterocycles. The number of amides is 1. The summed E-state index contributed by atoms with van der Waals surface area (Å²) in [6.07, 6.45) is 5.80. The lowest BCUT2D eigenvalue weighted by Gasteiger charge is -2.24. The molecule has 2 aliphatic rings. The molecule has 0 bridgehead atoms. The van der Waals surface area contributed by atoms with Crippen molar-refractivity contribution in [3.05, 3.63) is 0 Å². The number of rotatable bonds is 4. The van der Waals surface area contributed by atoms with Crippen LogP contribution >= 0.6 is 0 Å². The van der Waals surface area contributed by atoms with E-state index in [9.17, 15) is 4.79 Å². The first-order valence-electron chi connectivity index (χ1n) is 6.94. The number of ether oxygens (including phenoxy) is 1. The monoisotopic (exact) mass is 240 g/mol. The van der Waals surface area contributed by atoms with Crippen molar-refractivity contribution < 1.29 is 9.53 Å². The van der Waals surface area contributed by atoms with Crippen molar-refractivity contribution in [3.8, 4) is 0 Å². The molecule has 98 valence electrons. The van der Waals surface area contributed by atoms with E-state index in [0.29, 0.717) is 12.0 Å². The van der Waals surface area contributed by atoms with Gasteiger partial charge >= 0.3 is 0 Å². The van der Waals surface area contributed by atoms with E-state index in [4.69, 9.17) is 4.74 Å². The molecule has 0 aromatic heterocycles. The van der Waals surface area contributed by atoms with Crippen LogP contribution in [0, 0.1) is 5.92 Å². The highest BCUT2D eigenvalue weighted by Gasteiger charge is 2.28. The van der Waals surface area contributed by atoms with Gasteiger partial charge in [0.2, 0.25) is 5.91 Å². The highest BCUT2D eigenvalue weighted by molar-refractivity contribution is 5.81. The van der Waals surface area contributed by atoms with Gasteiger partial charge in [0.05, 0.1) is 12.1 Å². The smallest absolute Gasteiger partial charge is 0.237 e. The molecule has 4 nitrogen and oxygen atoms in total. The fraction of sp³-hybridized carbons (Fsp3) is 0.923. The molecule has 1 amide bonds. The molecule has 0 spiro atoms. The van der Waals surface area contributed by atoms with E-state index < -0.39 is 0 Å². The maximum absolute atomic E-state index is 11.9. The largest absolute Gasteiger partial charge is 0.378 e. The summed E-state index contributed by atoms with van der Waals surface area (Å²) in [5.74, 6) is 0.680. The normalized spacial score (nSPS) is 33.6. The first-order chi connectivity index (χ1) is 8.31. The van der Waals surface area contributed by atoms with E-state index in [1.807, 2.05) is 0 Å². The maximum Gasteiger partial charge on any atom is 0.237 e. The highest BCUT2D eigenvalue weighted by Crippen LogP contribution is 2.22. The molecule has 0 saturated carbocycles. The molecule has 0 aliphatic carbocycles. The Morgan fingerprint density at radius 1 is 1.41 bits per heavy atom. The Kier molecular flexibility index (Phi) is 4.80. The van der Waals surface area contributed by atoms with Gasteiger partial charge in [-0.15, -0.1) is 0 Å². The van der Waals surface area contributed by atoms with Crippen molar-refractivity contribution in [2.45, 2.75) is 51.2 Å². The van der Waals surface area contributed by atoms with E-state index in [1.54, 1.807) is 0 Å². The van der Waals surface area contributed by atoms with Crippen molar-refractivity contribution in [1.29, 1.82) is 0 Å². The third-order valence-electron chi connectivity index (χ3n) is 3.91. The van der Waals surface area contributed by atoms with Crippen LogP contribution in [0.3, 0.4) is 0 Å². The van der Waals surface area contributed by atoms with Gasteiger partial charge in [0.15, 0.2) is 0 Å². The summed E-state index contributed by atoms with van der Waals surface area (Å²) in [7, 11) is 0. The summed E-state index contributed by atoms with van der Waals surface area (Å²) in [6, 6.07) is 0.0335. The van der Waals surface area contributed by atoms with Crippen LogP contribution < -0.4 is 10.6 Å². The van der Waals surface area contributed by atoms with Crippen LogP contribution in [0.25, 0.3) is 0 Å². The van der Waals surface area contributed by atoms with Crippen LogP contribution in [-0.4, -0.2) is 37.7 Å². The highest BCUT2D eigenvalue weighted by atomic mass is 16.5. The average Bonchev–Trinajstić information content (AvgIpc) is 2.84. The zero-order valence-electron chi connectivity index (χ0n) is 10.7. The second-order valence-electron chi connectivity index (χ2n) is 5.11. The quantitative estimate of drug-likeness (QED) is 0.772. The molecule has 17 heavy (non-hydrogen) atoms. The van der Waals surface area contributed by atoms with Crippen LogP contribution in [0.4, 0.5) is 0 Å². The Morgan fingerprint density at radius 2 is 2.29 bits per heavy atom. The molecule has 3 atom stereocenters. The molecular formula is C13H24N2O2. The van der Waals surface area contributed by atoms with Crippen LogP contribution in [0.2, 0.25) is 0 Å². The molecule has 2 rings (SSSR count). The lowest BCUT2D eigenvalue weighted by Crippen LogP contribution is -2.48. The second-order valence-corrected chi connectivity index (χ2v) is 5.11. The van der Waals surface area contributed by atoms with Gasteiger partial charge in [-0.05, 0) is 32.2 Å². The minimum absolute atomic E-state index is 0.0335. The molecule has 2 heterocycles. The number of nitrogens with one attached hydrogen (secondary N) is 2. The number of carbonyl (C=O) groups excluding carboxylic acids is 1. The van der Waals surface area contributed by atoms with Crippen molar-refractivity contribution in [3.63, 3.8) is 0 Å². The maximum atomic E-state index is 11.9. The fourth-order valence-corrected chi connectivity index (χ4v) is 2.81. The van der Waals surface area contributed by atoms with Gasteiger partial charge in [-0.1, -0.05) is 13.3 Å². The first-order valence-corrected chi connectivity index (χ1v) is 6.94. The van der Waals surface area contributed by atoms with Gasteiger partial charge in [-0.3, -0.25) is 4.79 Å². The van der Waals surface area contributed by atoms with Crippen LogP contribution in [-0.2, 0) is 9.53 Å². The van der Waals surface area contributed by atoms with Crippen molar-refractivity contribution in [2.75, 3.05) is 19.7 Å². The molecule has 0 aromatic rings. The van der Waals surface area contributed by atoms with Crippen LogP contribution in [0.15, 0.2) is 0 Å². The number of hydrogen-bond acceptors (Lipinski definition) is 3. The van der Waals surface area contributed by atoms with Gasteiger partial charge in [0.1, 0.15) is 0 Å². The fourth-order valence-electron chi connectivity index (χ4n) is 2.81. The van der Waals surface area contributed by atoms with Crippen molar-refractivity contribution in [2.24, 2.45) is 5.92 Å². The zero-order valence-corrected chi connectivity index (χ0v) is 10.7. The molecule has 3 unspecified atom stereocenters. The van der Waals surface area contributed by atoms with Crippen LogP contribution in [0.1, 0.15) is 39.0 Å². The van der Waals surface area contributed by atoms with E-state index in [0.717, 1.165) is 45.4 Å². The molecule has 2 aliphatic heterocycles. The summed E-state index contributed by atoms with van der Waals surface area (Å²) >= 11 is 0. The summed E-state index contributed by atoms with van der Waals surface area (Å²) < 4.78 is 5.63. The van der Waals surface area contributed by atoms with Gasteiger partial charge in [0.25, 0.3) is 0 Å². The Labute approximate surface area is 103 Å². The Morgan fingerprint density at radius 3 is 3.00 bits per heavy atom. The van der Waals surface area contributed by atoms with Gasteiger partial charge in [-0.2, -0.15) is 0 Å². The molecule has 2 fully saturated rings. The van der Waals surface area contributed by atoms with Gasteiger partial charge in [0, 0.05) is 19.1 Å². The molecular weight excluding hydrogens is 216 g/mol. The SMILES string of the molecule is CCC1OCCC1CNC(=O)C1CCCCN1. The number of piperidine rings is 1. The zero-order chi connectivity index (χ0) is 12.1. The standard InChI is InChI=1S/C13H24N2O2/c1-2-12-10(6-8-17-12)9-15-13(16)11-5-3-4-7-14-11/h10-12,14H,2-9H2,1H3,(H,15,16). The van der Waals surface area contributed by atoms with E-state index in [1.165, 1.54) is 6.42 Å². The predicted molar refractivity (Wildman–Crippen MR) is 66.8 cm³/mol. The number of hydrogen-bond donors (Lipinski definition) is 2. The van der Waals surface area contributed by atoms with Crippen molar-refractivity contribution in [1.82, 2.24) is 10.6 Å².